The van der Waals surface area contributed by atoms with E-state index in [9.17, 15) is 0 Å². The lowest BCUT2D eigenvalue weighted by molar-refractivity contribution is 0.0503. The predicted octanol–water partition coefficient (Wildman–Crippen LogP) is 3.53. The maximum atomic E-state index is 5.10. The van der Waals surface area contributed by atoms with Crippen LogP contribution in [-0.4, -0.2) is 131 Å². The zero-order valence-electron chi connectivity index (χ0n) is 22.8. The van der Waals surface area contributed by atoms with Crippen LogP contribution in [0, 0.1) is 0 Å². The number of hydrogen-bond acceptors (Lipinski definition) is 6. The third kappa shape index (κ3) is 12.9. The molecule has 0 aliphatic carbocycles. The molecule has 5 fully saturated rings. The first kappa shape index (κ1) is 29.8. The number of piperidine rings is 2. The molecule has 0 radical (unpaired) electrons. The molecule has 5 aliphatic heterocycles. The molecule has 0 amide bonds. The zero-order valence-corrected chi connectivity index (χ0v) is 22.8. The van der Waals surface area contributed by atoms with Crippen molar-refractivity contribution >= 4 is 0 Å². The highest BCUT2D eigenvalue weighted by molar-refractivity contribution is 4.89. The lowest BCUT2D eigenvalue weighted by atomic mass is 10.0. The molecule has 2 bridgehead atoms. The van der Waals surface area contributed by atoms with Crippen LogP contribution in [0.5, 0.6) is 0 Å². The number of rotatable bonds is 0. The van der Waals surface area contributed by atoms with Gasteiger partial charge in [0.15, 0.2) is 0 Å². The second-order valence-corrected chi connectivity index (χ2v) is 10.1. The molecule has 0 N–H and O–H groups in total. The number of morpholine rings is 1. The summed E-state index contributed by atoms with van der Waals surface area (Å²) in [5.41, 5.74) is 0. The molecule has 0 aromatic carbocycles. The predicted molar refractivity (Wildman–Crippen MR) is 140 cm³/mol. The first-order valence-corrected chi connectivity index (χ1v) is 13.5. The first-order chi connectivity index (χ1) is 15.5. The van der Waals surface area contributed by atoms with Gasteiger partial charge < -0.3 is 19.4 Å². The summed E-state index contributed by atoms with van der Waals surface area (Å²) < 4.78 is 5.10. The fourth-order valence-electron chi connectivity index (χ4n) is 4.98. The summed E-state index contributed by atoms with van der Waals surface area (Å²) in [7, 11) is 10.9. The highest BCUT2D eigenvalue weighted by Gasteiger charge is 2.33. The van der Waals surface area contributed by atoms with Gasteiger partial charge in [-0.05, 0) is 86.9 Å². The van der Waals surface area contributed by atoms with Gasteiger partial charge in [-0.25, -0.2) is 0 Å². The van der Waals surface area contributed by atoms with Gasteiger partial charge in [-0.1, -0.05) is 26.7 Å². The molecule has 5 aliphatic rings. The Morgan fingerprint density at radius 1 is 0.500 bits per heavy atom. The fourth-order valence-corrected chi connectivity index (χ4v) is 4.98. The molecule has 5 rings (SSSR count). The van der Waals surface area contributed by atoms with Gasteiger partial charge in [-0.3, -0.25) is 9.80 Å². The lowest BCUT2D eigenvalue weighted by Gasteiger charge is -2.30. The highest BCUT2D eigenvalue weighted by atomic mass is 16.5. The quantitative estimate of drug-likeness (QED) is 0.554. The summed E-state index contributed by atoms with van der Waals surface area (Å²) in [6.07, 6.45) is 11.6. The van der Waals surface area contributed by atoms with E-state index in [1.165, 1.54) is 77.5 Å². The minimum atomic E-state index is 0.913. The van der Waals surface area contributed by atoms with E-state index in [0.29, 0.717) is 0 Å². The Balaban J connectivity index is 0.000000209. The smallest absolute Gasteiger partial charge is 0.0594 e. The maximum Gasteiger partial charge on any atom is 0.0594 e. The third-order valence-corrected chi connectivity index (χ3v) is 7.22. The van der Waals surface area contributed by atoms with Crippen LogP contribution >= 0.6 is 0 Å². The number of hydrogen-bond donors (Lipinski definition) is 0. The van der Waals surface area contributed by atoms with Gasteiger partial charge in [0.25, 0.3) is 0 Å². The molecule has 2 unspecified atom stereocenters. The van der Waals surface area contributed by atoms with Crippen molar-refractivity contribution in [3.63, 3.8) is 0 Å². The Morgan fingerprint density at radius 3 is 1.25 bits per heavy atom. The Labute approximate surface area is 201 Å². The zero-order chi connectivity index (χ0) is 23.8. The van der Waals surface area contributed by atoms with E-state index < -0.39 is 0 Å². The van der Waals surface area contributed by atoms with Gasteiger partial charge >= 0.3 is 0 Å². The Bertz CT molecular complexity index is 381. The molecule has 0 aromatic rings. The van der Waals surface area contributed by atoms with E-state index in [4.69, 9.17) is 4.74 Å². The SMILES string of the molecule is CC.CN1C2CCCC1CC2.CN1CCCCC1.CN1CCN(C)C1.CN1CCOCC1. The van der Waals surface area contributed by atoms with Crippen molar-refractivity contribution in [1.29, 1.82) is 0 Å². The number of ether oxygens (including phenoxy) is 1. The highest BCUT2D eigenvalue weighted by Crippen LogP contribution is 2.33. The summed E-state index contributed by atoms with van der Waals surface area (Å²) in [5.74, 6) is 0. The molecule has 2 atom stereocenters. The van der Waals surface area contributed by atoms with E-state index in [1.807, 2.05) is 13.8 Å². The van der Waals surface area contributed by atoms with Gasteiger partial charge in [0.1, 0.15) is 0 Å². The molecule has 5 heterocycles. The van der Waals surface area contributed by atoms with Crippen LogP contribution in [0.1, 0.15) is 65.2 Å². The minimum absolute atomic E-state index is 0.913. The summed E-state index contributed by atoms with van der Waals surface area (Å²) >= 11 is 0. The minimum Gasteiger partial charge on any atom is -0.379 e. The molecule has 5 saturated heterocycles. The van der Waals surface area contributed by atoms with Crippen molar-refractivity contribution in [2.45, 2.75) is 77.3 Å². The fraction of sp³-hybridized carbons (Fsp3) is 1.00. The summed E-state index contributed by atoms with van der Waals surface area (Å²) in [5, 5.41) is 0. The Hall–Kier alpha value is -0.240. The summed E-state index contributed by atoms with van der Waals surface area (Å²) in [6.45, 7) is 14.3. The van der Waals surface area contributed by atoms with E-state index >= 15 is 0 Å². The van der Waals surface area contributed by atoms with Crippen molar-refractivity contribution in [2.75, 3.05) is 94.4 Å². The molecule has 0 spiro atoms. The first-order valence-electron chi connectivity index (χ1n) is 13.5. The molecular weight excluding hydrogens is 398 g/mol. The maximum absolute atomic E-state index is 5.10. The lowest BCUT2D eigenvalue weighted by Crippen LogP contribution is -2.35. The van der Waals surface area contributed by atoms with Crippen LogP contribution in [0.4, 0.5) is 0 Å². The van der Waals surface area contributed by atoms with Crippen LogP contribution in [0.3, 0.4) is 0 Å². The second kappa shape index (κ2) is 18.1. The normalized spacial score (nSPS) is 29.3. The van der Waals surface area contributed by atoms with Crippen molar-refractivity contribution in [1.82, 2.24) is 24.5 Å². The summed E-state index contributed by atoms with van der Waals surface area (Å²) in [4.78, 5) is 11.9. The molecule has 6 heteroatoms. The van der Waals surface area contributed by atoms with Crippen LogP contribution in [0.15, 0.2) is 0 Å². The van der Waals surface area contributed by atoms with Gasteiger partial charge in [0.2, 0.25) is 0 Å². The van der Waals surface area contributed by atoms with Gasteiger partial charge in [0.05, 0.1) is 19.9 Å². The number of fused-ring (bicyclic) bond motifs is 2. The standard InChI is InChI=1S/C8H15N.C6H13N.C5H12N2.C5H11NO.C2H6/c1-9-7-3-2-4-8(9)6-5-7;1-7-5-3-2-4-6-7;1-6-3-4-7(2)5-6;1-6-2-4-7-5-3-6;1-2/h7-8H,2-6H2,1H3;2-6H2,1H3;3-5H2,1-2H3;2-5H2,1H3;1-2H3. The van der Waals surface area contributed by atoms with E-state index in [2.05, 4.69) is 59.7 Å². The average molecular weight is 456 g/mol. The monoisotopic (exact) mass is 455 g/mol. The molecular formula is C26H57N5O. The van der Waals surface area contributed by atoms with Crippen molar-refractivity contribution < 1.29 is 4.74 Å². The summed E-state index contributed by atoms with van der Waals surface area (Å²) in [6, 6.07) is 1.92. The Kier molecular flexibility index (Phi) is 16.9. The van der Waals surface area contributed by atoms with Crippen molar-refractivity contribution in [3.05, 3.63) is 0 Å². The molecule has 32 heavy (non-hydrogen) atoms. The second-order valence-electron chi connectivity index (χ2n) is 10.1. The average Bonchev–Trinajstić information content (AvgIpc) is 3.25. The largest absolute Gasteiger partial charge is 0.379 e. The number of likely N-dealkylation sites (tertiary alicyclic amines) is 1. The Morgan fingerprint density at radius 2 is 0.969 bits per heavy atom. The molecule has 192 valence electrons. The molecule has 0 saturated carbocycles. The van der Waals surface area contributed by atoms with Crippen LogP contribution in [0.25, 0.3) is 0 Å². The number of nitrogens with zero attached hydrogens (tertiary/aromatic N) is 5. The van der Waals surface area contributed by atoms with Crippen molar-refractivity contribution in [2.24, 2.45) is 0 Å². The van der Waals surface area contributed by atoms with Crippen LogP contribution < -0.4 is 0 Å². The van der Waals surface area contributed by atoms with E-state index in [-0.39, 0.29) is 0 Å². The molecule has 0 aromatic heterocycles. The van der Waals surface area contributed by atoms with Gasteiger partial charge in [-0.15, -0.1) is 0 Å². The van der Waals surface area contributed by atoms with Gasteiger partial charge in [-0.2, -0.15) is 0 Å². The topological polar surface area (TPSA) is 25.4 Å². The van der Waals surface area contributed by atoms with E-state index in [1.54, 1.807) is 0 Å². The third-order valence-electron chi connectivity index (χ3n) is 7.22. The van der Waals surface area contributed by atoms with Gasteiger partial charge in [0, 0.05) is 38.3 Å². The molecule has 6 nitrogen and oxygen atoms in total. The number of likely N-dealkylation sites (N-methyl/N-ethyl adjacent to an activating group) is 3. The van der Waals surface area contributed by atoms with Crippen molar-refractivity contribution in [3.8, 4) is 0 Å². The van der Waals surface area contributed by atoms with E-state index in [0.717, 1.165) is 45.1 Å². The van der Waals surface area contributed by atoms with Crippen LogP contribution in [0.2, 0.25) is 0 Å². The van der Waals surface area contributed by atoms with Crippen LogP contribution in [-0.2, 0) is 4.74 Å².